The lowest BCUT2D eigenvalue weighted by atomic mass is 9.96. The number of hydrogen-bond donors (Lipinski definition) is 2. The molecule has 0 fully saturated rings. The molecule has 0 rings (SSSR count). The third kappa shape index (κ3) is 15.3. The highest BCUT2D eigenvalue weighted by Gasteiger charge is 2.20. The fourth-order valence-corrected chi connectivity index (χ4v) is 1.78. The zero-order valence-electron chi connectivity index (χ0n) is 17.0. The molecule has 0 spiro atoms. The van der Waals surface area contributed by atoms with Gasteiger partial charge >= 0.3 is 0 Å². The first-order valence-corrected chi connectivity index (χ1v) is 9.25. The summed E-state index contributed by atoms with van der Waals surface area (Å²) in [5.74, 6) is 0.0707. The van der Waals surface area contributed by atoms with Crippen molar-refractivity contribution in [2.45, 2.75) is 60.0 Å². The number of hydrogen-bond acceptors (Lipinski definition) is 5. The topological polar surface area (TPSA) is 77.0 Å². The Labute approximate surface area is 153 Å². The molecule has 6 nitrogen and oxygen atoms in total. The summed E-state index contributed by atoms with van der Waals surface area (Å²) in [5, 5.41) is 12.2. The van der Waals surface area contributed by atoms with E-state index in [0.29, 0.717) is 39.6 Å². The van der Waals surface area contributed by atoms with Crippen molar-refractivity contribution in [1.29, 1.82) is 0 Å². The summed E-state index contributed by atoms with van der Waals surface area (Å²) in [6.07, 6.45) is 1.62. The van der Waals surface area contributed by atoms with Crippen LogP contribution in [-0.2, 0) is 19.0 Å². The standard InChI is InChI=1S/C19H39NO5/c1-18(2,3)17(22)20-9-7-10-23-11-8-12-24-14-16(13-21)15-25-19(4,5)6/h16,21H,7-15H2,1-6H3,(H,20,22). The minimum absolute atomic E-state index is 0.00608. The first-order chi connectivity index (χ1) is 11.6. The summed E-state index contributed by atoms with van der Waals surface area (Å²) < 4.78 is 16.8. The minimum Gasteiger partial charge on any atom is -0.396 e. The number of ether oxygens (including phenoxy) is 3. The first-order valence-electron chi connectivity index (χ1n) is 9.25. The Kier molecular flexibility index (Phi) is 12.3. The molecule has 0 aromatic carbocycles. The molecule has 0 saturated heterocycles. The lowest BCUT2D eigenvalue weighted by Gasteiger charge is -2.23. The quantitative estimate of drug-likeness (QED) is 0.493. The van der Waals surface area contributed by atoms with E-state index in [-0.39, 0.29) is 29.4 Å². The second kappa shape index (κ2) is 12.6. The molecule has 0 aliphatic rings. The number of amides is 1. The number of aliphatic hydroxyl groups excluding tert-OH is 1. The Balaban J connectivity index is 3.47. The Hall–Kier alpha value is -0.690. The average Bonchev–Trinajstić information content (AvgIpc) is 2.49. The van der Waals surface area contributed by atoms with Gasteiger partial charge in [0.25, 0.3) is 0 Å². The average molecular weight is 362 g/mol. The molecule has 1 atom stereocenters. The maximum Gasteiger partial charge on any atom is 0.225 e. The lowest BCUT2D eigenvalue weighted by Crippen LogP contribution is -2.35. The van der Waals surface area contributed by atoms with E-state index in [9.17, 15) is 9.90 Å². The number of nitrogens with one attached hydrogen (secondary N) is 1. The SMILES string of the molecule is CC(C)(C)OCC(CO)COCCCOCCCNC(=O)C(C)(C)C. The number of rotatable bonds is 13. The van der Waals surface area contributed by atoms with Gasteiger partial charge in [0.1, 0.15) is 0 Å². The molecule has 25 heavy (non-hydrogen) atoms. The molecule has 0 aromatic heterocycles. The molecule has 0 heterocycles. The predicted molar refractivity (Wildman–Crippen MR) is 99.6 cm³/mol. The van der Waals surface area contributed by atoms with Gasteiger partial charge < -0.3 is 24.6 Å². The van der Waals surface area contributed by atoms with Crippen LogP contribution in [0.15, 0.2) is 0 Å². The maximum absolute atomic E-state index is 11.7. The van der Waals surface area contributed by atoms with Crippen LogP contribution in [0, 0.1) is 11.3 Å². The molecule has 1 amide bonds. The molecule has 2 N–H and O–H groups in total. The van der Waals surface area contributed by atoms with E-state index in [1.54, 1.807) is 0 Å². The third-order valence-corrected chi connectivity index (χ3v) is 3.37. The fraction of sp³-hybridized carbons (Fsp3) is 0.947. The van der Waals surface area contributed by atoms with Crippen LogP contribution in [0.3, 0.4) is 0 Å². The Bertz CT molecular complexity index is 347. The highest BCUT2D eigenvalue weighted by molar-refractivity contribution is 5.81. The Morgan fingerprint density at radius 3 is 2.12 bits per heavy atom. The highest BCUT2D eigenvalue weighted by Crippen LogP contribution is 2.12. The summed E-state index contributed by atoms with van der Waals surface area (Å²) >= 11 is 0. The second-order valence-corrected chi connectivity index (χ2v) is 8.37. The molecule has 0 aromatic rings. The van der Waals surface area contributed by atoms with E-state index < -0.39 is 0 Å². The number of carbonyl (C=O) groups excluding carboxylic acids is 1. The zero-order valence-corrected chi connectivity index (χ0v) is 17.0. The molecule has 6 heteroatoms. The highest BCUT2D eigenvalue weighted by atomic mass is 16.5. The van der Waals surface area contributed by atoms with Gasteiger partial charge in [0.05, 0.1) is 25.4 Å². The molecule has 150 valence electrons. The number of aliphatic hydroxyl groups is 1. The van der Waals surface area contributed by atoms with Gasteiger partial charge in [-0.3, -0.25) is 4.79 Å². The van der Waals surface area contributed by atoms with Crippen molar-refractivity contribution in [2.75, 3.05) is 46.2 Å². The van der Waals surface area contributed by atoms with Crippen molar-refractivity contribution in [1.82, 2.24) is 5.32 Å². The second-order valence-electron chi connectivity index (χ2n) is 8.37. The summed E-state index contributed by atoms with van der Waals surface area (Å²) in [6, 6.07) is 0. The van der Waals surface area contributed by atoms with Gasteiger partial charge in [-0.1, -0.05) is 20.8 Å². The molecular formula is C19H39NO5. The van der Waals surface area contributed by atoms with Gasteiger partial charge in [0.15, 0.2) is 0 Å². The summed E-state index contributed by atoms with van der Waals surface area (Å²) in [6.45, 7) is 15.2. The Morgan fingerprint density at radius 2 is 1.56 bits per heavy atom. The third-order valence-electron chi connectivity index (χ3n) is 3.37. The predicted octanol–water partition coefficient (Wildman–Crippen LogP) is 2.39. The summed E-state index contributed by atoms with van der Waals surface area (Å²) in [4.78, 5) is 11.7. The molecule has 0 radical (unpaired) electrons. The van der Waals surface area contributed by atoms with Crippen LogP contribution < -0.4 is 5.32 Å². The van der Waals surface area contributed by atoms with Gasteiger partial charge in [-0.05, 0) is 33.6 Å². The van der Waals surface area contributed by atoms with Gasteiger partial charge in [0.2, 0.25) is 5.91 Å². The molecular weight excluding hydrogens is 322 g/mol. The first kappa shape index (κ1) is 24.3. The smallest absolute Gasteiger partial charge is 0.225 e. The van der Waals surface area contributed by atoms with E-state index in [4.69, 9.17) is 14.2 Å². The van der Waals surface area contributed by atoms with Crippen LogP contribution in [0.2, 0.25) is 0 Å². The largest absolute Gasteiger partial charge is 0.396 e. The van der Waals surface area contributed by atoms with Crippen molar-refractivity contribution in [3.63, 3.8) is 0 Å². The molecule has 0 saturated carbocycles. The monoisotopic (exact) mass is 361 g/mol. The van der Waals surface area contributed by atoms with E-state index in [1.165, 1.54) is 0 Å². The molecule has 0 bridgehead atoms. The summed E-state index contributed by atoms with van der Waals surface area (Å²) in [7, 11) is 0. The van der Waals surface area contributed by atoms with E-state index >= 15 is 0 Å². The molecule has 1 unspecified atom stereocenters. The van der Waals surface area contributed by atoms with Crippen molar-refractivity contribution < 1.29 is 24.1 Å². The van der Waals surface area contributed by atoms with Gasteiger partial charge in [0, 0.05) is 37.7 Å². The van der Waals surface area contributed by atoms with Crippen LogP contribution >= 0.6 is 0 Å². The van der Waals surface area contributed by atoms with Gasteiger partial charge in [-0.25, -0.2) is 0 Å². The van der Waals surface area contributed by atoms with Crippen LogP contribution in [0.25, 0.3) is 0 Å². The lowest BCUT2D eigenvalue weighted by molar-refractivity contribution is -0.128. The van der Waals surface area contributed by atoms with Gasteiger partial charge in [-0.2, -0.15) is 0 Å². The van der Waals surface area contributed by atoms with Crippen molar-refractivity contribution >= 4 is 5.91 Å². The maximum atomic E-state index is 11.7. The summed E-state index contributed by atoms with van der Waals surface area (Å²) in [5.41, 5.74) is -0.545. The zero-order chi connectivity index (χ0) is 19.3. The van der Waals surface area contributed by atoms with Gasteiger partial charge in [-0.15, -0.1) is 0 Å². The van der Waals surface area contributed by atoms with E-state index in [1.807, 2.05) is 41.5 Å². The van der Waals surface area contributed by atoms with Crippen LogP contribution in [0.5, 0.6) is 0 Å². The van der Waals surface area contributed by atoms with Crippen molar-refractivity contribution in [3.8, 4) is 0 Å². The van der Waals surface area contributed by atoms with Crippen molar-refractivity contribution in [3.05, 3.63) is 0 Å². The van der Waals surface area contributed by atoms with E-state index in [2.05, 4.69) is 5.32 Å². The number of carbonyl (C=O) groups is 1. The van der Waals surface area contributed by atoms with Crippen molar-refractivity contribution in [2.24, 2.45) is 11.3 Å². The Morgan fingerprint density at radius 1 is 0.960 bits per heavy atom. The normalized spacial score (nSPS) is 13.7. The minimum atomic E-state index is -0.345. The van der Waals surface area contributed by atoms with Crippen LogP contribution in [0.1, 0.15) is 54.4 Å². The fourth-order valence-electron chi connectivity index (χ4n) is 1.78. The van der Waals surface area contributed by atoms with Crippen LogP contribution in [-0.4, -0.2) is 62.8 Å². The van der Waals surface area contributed by atoms with Crippen LogP contribution in [0.4, 0.5) is 0 Å². The molecule has 0 aliphatic heterocycles. The molecule has 0 aliphatic carbocycles. The van der Waals surface area contributed by atoms with E-state index in [0.717, 1.165) is 12.8 Å².